The van der Waals surface area contributed by atoms with Crippen LogP contribution in [0.3, 0.4) is 0 Å². The number of carbonyl (C=O) groups excluding carboxylic acids is 2. The molecule has 2 rings (SSSR count). The van der Waals surface area contributed by atoms with E-state index in [1.54, 1.807) is 4.90 Å². The summed E-state index contributed by atoms with van der Waals surface area (Å²) in [4.78, 5) is 25.9. The summed E-state index contributed by atoms with van der Waals surface area (Å²) in [6.45, 7) is 4.30. The van der Waals surface area contributed by atoms with Crippen LogP contribution in [0, 0.1) is 5.92 Å². The molecule has 1 aromatic carbocycles. The number of hydrogen-bond donors (Lipinski definition) is 1. The van der Waals surface area contributed by atoms with Crippen LogP contribution in [0.25, 0.3) is 0 Å². The Bertz CT molecular complexity index is 519. The Balaban J connectivity index is 1.83. The second-order valence-electron chi connectivity index (χ2n) is 5.22. The predicted octanol–water partition coefficient (Wildman–Crippen LogP) is 2.34. The molecular formula is C16H21BrN2O3. The molecule has 0 spiro atoms. The number of anilines is 1. The monoisotopic (exact) mass is 368 g/mol. The number of hydrogen-bond acceptors (Lipinski definition) is 3. The molecule has 1 fully saturated rings. The third-order valence-corrected chi connectivity index (χ3v) is 4.13. The van der Waals surface area contributed by atoms with Gasteiger partial charge in [0.15, 0.2) is 0 Å². The molecule has 1 aromatic rings. The Morgan fingerprint density at radius 3 is 2.82 bits per heavy atom. The molecule has 22 heavy (non-hydrogen) atoms. The second-order valence-corrected chi connectivity index (χ2v) is 6.14. The highest BCUT2D eigenvalue weighted by atomic mass is 79.9. The quantitative estimate of drug-likeness (QED) is 0.751. The molecule has 6 heteroatoms. The van der Waals surface area contributed by atoms with Gasteiger partial charge in [-0.2, -0.15) is 0 Å². The standard InChI is InChI=1S/C16H21BrN2O3/c1-2-22-9-3-8-18-16(21)12-10-15(20)19(11-12)14-6-4-13(17)5-7-14/h4-7,12H,2-3,8-11H2,1H3,(H,18,21)/t12-/m1/s1. The van der Waals surface area contributed by atoms with Gasteiger partial charge in [0.05, 0.1) is 5.92 Å². The zero-order valence-electron chi connectivity index (χ0n) is 12.7. The smallest absolute Gasteiger partial charge is 0.227 e. The van der Waals surface area contributed by atoms with Crippen molar-refractivity contribution in [3.63, 3.8) is 0 Å². The number of nitrogens with zero attached hydrogens (tertiary/aromatic N) is 1. The highest BCUT2D eigenvalue weighted by Gasteiger charge is 2.34. The average molecular weight is 369 g/mol. The Kier molecular flexibility index (Phi) is 6.39. The summed E-state index contributed by atoms with van der Waals surface area (Å²) in [6, 6.07) is 7.54. The summed E-state index contributed by atoms with van der Waals surface area (Å²) < 4.78 is 6.19. The summed E-state index contributed by atoms with van der Waals surface area (Å²) in [5.74, 6) is -0.329. The van der Waals surface area contributed by atoms with Crippen molar-refractivity contribution in [1.82, 2.24) is 5.32 Å². The molecule has 0 unspecified atom stereocenters. The minimum Gasteiger partial charge on any atom is -0.382 e. The minimum atomic E-state index is -0.275. The van der Waals surface area contributed by atoms with E-state index in [9.17, 15) is 9.59 Å². The van der Waals surface area contributed by atoms with Crippen LogP contribution in [-0.2, 0) is 14.3 Å². The molecule has 1 saturated heterocycles. The van der Waals surface area contributed by atoms with Gasteiger partial charge in [0.25, 0.3) is 0 Å². The predicted molar refractivity (Wildman–Crippen MR) is 88.7 cm³/mol. The van der Waals surface area contributed by atoms with Gasteiger partial charge in [-0.05, 0) is 37.6 Å². The SMILES string of the molecule is CCOCCCNC(=O)[C@@H]1CC(=O)N(c2ccc(Br)cc2)C1. The van der Waals surface area contributed by atoms with E-state index in [1.807, 2.05) is 31.2 Å². The minimum absolute atomic E-state index is 0.00297. The number of rotatable bonds is 7. The van der Waals surface area contributed by atoms with Crippen molar-refractivity contribution < 1.29 is 14.3 Å². The first kappa shape index (κ1) is 17.0. The van der Waals surface area contributed by atoms with E-state index in [4.69, 9.17) is 4.74 Å². The molecular weight excluding hydrogens is 348 g/mol. The van der Waals surface area contributed by atoms with Gasteiger partial charge in [-0.15, -0.1) is 0 Å². The van der Waals surface area contributed by atoms with Crippen LogP contribution in [0.2, 0.25) is 0 Å². The van der Waals surface area contributed by atoms with Crippen molar-refractivity contribution in [2.24, 2.45) is 5.92 Å². The van der Waals surface area contributed by atoms with Gasteiger partial charge in [-0.3, -0.25) is 9.59 Å². The third kappa shape index (κ3) is 4.55. The fourth-order valence-corrected chi connectivity index (χ4v) is 2.69. The lowest BCUT2D eigenvalue weighted by Gasteiger charge is -2.16. The fraction of sp³-hybridized carbons (Fsp3) is 0.500. The van der Waals surface area contributed by atoms with Gasteiger partial charge in [-0.1, -0.05) is 15.9 Å². The number of nitrogens with one attached hydrogen (secondary N) is 1. The van der Waals surface area contributed by atoms with E-state index in [0.29, 0.717) is 26.3 Å². The maximum absolute atomic E-state index is 12.1. The normalized spacial score (nSPS) is 17.8. The van der Waals surface area contributed by atoms with E-state index in [0.717, 1.165) is 16.6 Å². The molecule has 1 aliphatic heterocycles. The molecule has 0 bridgehead atoms. The molecule has 1 N–H and O–H groups in total. The van der Waals surface area contributed by atoms with E-state index >= 15 is 0 Å². The molecule has 1 heterocycles. The van der Waals surface area contributed by atoms with Crippen LogP contribution in [-0.4, -0.2) is 38.1 Å². The Labute approximate surface area is 139 Å². The molecule has 2 amide bonds. The van der Waals surface area contributed by atoms with E-state index in [1.165, 1.54) is 0 Å². The van der Waals surface area contributed by atoms with Crippen molar-refractivity contribution in [2.75, 3.05) is 31.2 Å². The lowest BCUT2D eigenvalue weighted by Crippen LogP contribution is -2.33. The number of benzene rings is 1. The highest BCUT2D eigenvalue weighted by molar-refractivity contribution is 9.10. The van der Waals surface area contributed by atoms with Gasteiger partial charge < -0.3 is 15.0 Å². The second kappa shape index (κ2) is 8.29. The largest absolute Gasteiger partial charge is 0.382 e. The lowest BCUT2D eigenvalue weighted by molar-refractivity contribution is -0.126. The Morgan fingerprint density at radius 2 is 2.14 bits per heavy atom. The van der Waals surface area contributed by atoms with Gasteiger partial charge in [0.2, 0.25) is 11.8 Å². The van der Waals surface area contributed by atoms with E-state index in [-0.39, 0.29) is 24.2 Å². The first-order chi connectivity index (χ1) is 10.6. The molecule has 0 aromatic heterocycles. The summed E-state index contributed by atoms with van der Waals surface area (Å²) in [7, 11) is 0. The summed E-state index contributed by atoms with van der Waals surface area (Å²) in [6.07, 6.45) is 1.06. The van der Waals surface area contributed by atoms with Crippen LogP contribution in [0.1, 0.15) is 19.8 Å². The van der Waals surface area contributed by atoms with E-state index in [2.05, 4.69) is 21.2 Å². The number of ether oxygens (including phenoxy) is 1. The zero-order chi connectivity index (χ0) is 15.9. The van der Waals surface area contributed by atoms with Crippen LogP contribution in [0.5, 0.6) is 0 Å². The number of carbonyl (C=O) groups is 2. The molecule has 1 aliphatic rings. The third-order valence-electron chi connectivity index (χ3n) is 3.60. The maximum Gasteiger partial charge on any atom is 0.227 e. The van der Waals surface area contributed by atoms with Crippen LogP contribution < -0.4 is 10.2 Å². The van der Waals surface area contributed by atoms with Crippen molar-refractivity contribution in [2.45, 2.75) is 19.8 Å². The summed E-state index contributed by atoms with van der Waals surface area (Å²) in [5, 5.41) is 2.88. The molecule has 0 saturated carbocycles. The van der Waals surface area contributed by atoms with Crippen LogP contribution in [0.15, 0.2) is 28.7 Å². The lowest BCUT2D eigenvalue weighted by atomic mass is 10.1. The topological polar surface area (TPSA) is 58.6 Å². The Hall–Kier alpha value is -1.40. The fourth-order valence-electron chi connectivity index (χ4n) is 2.43. The maximum atomic E-state index is 12.1. The zero-order valence-corrected chi connectivity index (χ0v) is 14.3. The van der Waals surface area contributed by atoms with Crippen molar-refractivity contribution >= 4 is 33.4 Å². The van der Waals surface area contributed by atoms with Crippen LogP contribution >= 0.6 is 15.9 Å². The van der Waals surface area contributed by atoms with Crippen molar-refractivity contribution in [1.29, 1.82) is 0 Å². The van der Waals surface area contributed by atoms with Gasteiger partial charge in [0, 0.05) is 42.9 Å². The summed E-state index contributed by atoms with van der Waals surface area (Å²) in [5.41, 5.74) is 0.833. The first-order valence-corrected chi connectivity index (χ1v) is 8.32. The first-order valence-electron chi connectivity index (χ1n) is 7.53. The van der Waals surface area contributed by atoms with Gasteiger partial charge >= 0.3 is 0 Å². The Morgan fingerprint density at radius 1 is 1.41 bits per heavy atom. The molecule has 120 valence electrons. The molecule has 1 atom stereocenters. The molecule has 0 aliphatic carbocycles. The number of halogens is 1. The highest BCUT2D eigenvalue weighted by Crippen LogP contribution is 2.26. The summed E-state index contributed by atoms with van der Waals surface area (Å²) >= 11 is 3.37. The number of amides is 2. The van der Waals surface area contributed by atoms with Gasteiger partial charge in [-0.25, -0.2) is 0 Å². The van der Waals surface area contributed by atoms with Crippen molar-refractivity contribution in [3.05, 3.63) is 28.7 Å². The van der Waals surface area contributed by atoms with Gasteiger partial charge in [0.1, 0.15) is 0 Å². The van der Waals surface area contributed by atoms with Crippen LogP contribution in [0.4, 0.5) is 5.69 Å². The molecule has 5 nitrogen and oxygen atoms in total. The molecule has 0 radical (unpaired) electrons. The van der Waals surface area contributed by atoms with E-state index < -0.39 is 0 Å². The average Bonchev–Trinajstić information content (AvgIpc) is 2.90. The van der Waals surface area contributed by atoms with Crippen molar-refractivity contribution in [3.8, 4) is 0 Å².